The lowest BCUT2D eigenvalue weighted by molar-refractivity contribution is -0.117. The molecule has 0 aromatic heterocycles. The molecular weight excluding hydrogens is 233 g/mol. The lowest BCUT2D eigenvalue weighted by atomic mass is 10.1. The van der Waals surface area contributed by atoms with Crippen LogP contribution in [0.4, 0.5) is 4.39 Å². The van der Waals surface area contributed by atoms with Crippen LogP contribution in [0.2, 0.25) is 0 Å². The van der Waals surface area contributed by atoms with Gasteiger partial charge in [-0.05, 0) is 38.5 Å². The zero-order chi connectivity index (χ0) is 13.7. The van der Waals surface area contributed by atoms with E-state index in [2.05, 4.69) is 5.32 Å². The predicted octanol–water partition coefficient (Wildman–Crippen LogP) is 2.98. The van der Waals surface area contributed by atoms with E-state index in [1.54, 1.807) is 19.1 Å². The van der Waals surface area contributed by atoms with Crippen LogP contribution in [0.5, 0.6) is 5.75 Å². The molecule has 0 heterocycles. The highest BCUT2D eigenvalue weighted by atomic mass is 19.1. The van der Waals surface area contributed by atoms with Crippen LogP contribution in [0.15, 0.2) is 29.8 Å². The molecule has 1 amide bonds. The summed E-state index contributed by atoms with van der Waals surface area (Å²) >= 11 is 0. The van der Waals surface area contributed by atoms with E-state index in [1.807, 2.05) is 13.8 Å². The van der Waals surface area contributed by atoms with E-state index in [9.17, 15) is 9.18 Å². The van der Waals surface area contributed by atoms with Crippen LogP contribution in [0.3, 0.4) is 0 Å². The number of amides is 1. The van der Waals surface area contributed by atoms with Crippen molar-refractivity contribution in [1.29, 1.82) is 0 Å². The molecule has 1 rings (SSSR count). The Morgan fingerprint density at radius 1 is 1.44 bits per heavy atom. The average Bonchev–Trinajstić information content (AvgIpc) is 2.27. The van der Waals surface area contributed by atoms with Crippen LogP contribution in [0, 0.1) is 5.82 Å². The Hall–Kier alpha value is -1.84. The summed E-state index contributed by atoms with van der Waals surface area (Å²) in [6.45, 7) is 5.49. The zero-order valence-electron chi connectivity index (χ0n) is 11.1. The molecule has 0 saturated heterocycles. The van der Waals surface area contributed by atoms with Gasteiger partial charge in [0.2, 0.25) is 5.91 Å². The summed E-state index contributed by atoms with van der Waals surface area (Å²) in [5, 5.41) is 2.77. The quantitative estimate of drug-likeness (QED) is 0.835. The number of ether oxygens (including phenoxy) is 1. The Morgan fingerprint density at radius 2 is 2.11 bits per heavy atom. The Kier molecular flexibility index (Phi) is 4.89. The summed E-state index contributed by atoms with van der Waals surface area (Å²) < 4.78 is 18.4. The zero-order valence-corrected chi connectivity index (χ0v) is 11.1. The van der Waals surface area contributed by atoms with E-state index >= 15 is 0 Å². The Morgan fingerprint density at radius 3 is 2.61 bits per heavy atom. The van der Waals surface area contributed by atoms with Gasteiger partial charge in [-0.2, -0.15) is 0 Å². The van der Waals surface area contributed by atoms with Gasteiger partial charge in [-0.1, -0.05) is 11.6 Å². The third-order valence-electron chi connectivity index (χ3n) is 2.45. The summed E-state index contributed by atoms with van der Waals surface area (Å²) in [5.74, 6) is -0.418. The van der Waals surface area contributed by atoms with Gasteiger partial charge in [0.15, 0.2) is 11.6 Å². The predicted molar refractivity (Wildman–Crippen MR) is 68.9 cm³/mol. The van der Waals surface area contributed by atoms with Crippen LogP contribution in [0.25, 0.3) is 0 Å². The van der Waals surface area contributed by atoms with Gasteiger partial charge in [0.1, 0.15) is 0 Å². The molecule has 1 aromatic carbocycles. The first-order valence-corrected chi connectivity index (χ1v) is 5.73. The van der Waals surface area contributed by atoms with E-state index in [0.29, 0.717) is 5.56 Å². The summed E-state index contributed by atoms with van der Waals surface area (Å²) in [6, 6.07) is 4.39. The topological polar surface area (TPSA) is 38.3 Å². The summed E-state index contributed by atoms with van der Waals surface area (Å²) in [4.78, 5) is 11.5. The first-order chi connectivity index (χ1) is 8.43. The molecule has 0 fully saturated rings. The number of hydrogen-bond acceptors (Lipinski definition) is 2. The van der Waals surface area contributed by atoms with Crippen molar-refractivity contribution in [2.24, 2.45) is 0 Å². The summed E-state index contributed by atoms with van der Waals surface area (Å²) in [6.07, 6.45) is 1.51. The molecule has 0 unspecified atom stereocenters. The van der Waals surface area contributed by atoms with Crippen molar-refractivity contribution in [3.63, 3.8) is 0 Å². The number of nitrogens with one attached hydrogen (secondary N) is 1. The molecule has 4 heteroatoms. The van der Waals surface area contributed by atoms with Crippen molar-refractivity contribution >= 4 is 5.91 Å². The van der Waals surface area contributed by atoms with Gasteiger partial charge >= 0.3 is 0 Å². The largest absolute Gasteiger partial charge is 0.494 e. The van der Waals surface area contributed by atoms with Gasteiger partial charge in [-0.3, -0.25) is 4.79 Å². The van der Waals surface area contributed by atoms with E-state index in [1.165, 1.54) is 19.3 Å². The highest BCUT2D eigenvalue weighted by Gasteiger charge is 2.11. The number of carbonyl (C=O) groups excluding carboxylic acids is 1. The maximum Gasteiger partial charge on any atom is 0.244 e. The van der Waals surface area contributed by atoms with Crippen molar-refractivity contribution in [3.05, 3.63) is 41.2 Å². The number of hydrogen-bond donors (Lipinski definition) is 1. The molecule has 3 nitrogen and oxygen atoms in total. The number of carbonyl (C=O) groups is 1. The second-order valence-electron chi connectivity index (χ2n) is 4.35. The van der Waals surface area contributed by atoms with Crippen LogP contribution >= 0.6 is 0 Å². The third kappa shape index (κ3) is 3.87. The highest BCUT2D eigenvalue weighted by molar-refractivity contribution is 5.88. The first kappa shape index (κ1) is 14.2. The molecule has 0 aliphatic rings. The molecule has 1 atom stereocenters. The maximum absolute atomic E-state index is 13.5. The average molecular weight is 251 g/mol. The van der Waals surface area contributed by atoms with Crippen molar-refractivity contribution in [2.45, 2.75) is 26.8 Å². The minimum Gasteiger partial charge on any atom is -0.494 e. The molecule has 0 spiro atoms. The fourth-order valence-electron chi connectivity index (χ4n) is 1.55. The second kappa shape index (κ2) is 6.19. The van der Waals surface area contributed by atoms with Gasteiger partial charge in [0.05, 0.1) is 13.2 Å². The van der Waals surface area contributed by atoms with Gasteiger partial charge in [0, 0.05) is 6.08 Å². The van der Waals surface area contributed by atoms with Gasteiger partial charge < -0.3 is 10.1 Å². The van der Waals surface area contributed by atoms with Crippen molar-refractivity contribution in [3.8, 4) is 5.75 Å². The van der Waals surface area contributed by atoms with Gasteiger partial charge in [-0.15, -0.1) is 0 Å². The van der Waals surface area contributed by atoms with E-state index in [4.69, 9.17) is 4.74 Å². The molecule has 1 aromatic rings. The Labute approximate surface area is 107 Å². The van der Waals surface area contributed by atoms with E-state index in [0.717, 1.165) is 5.57 Å². The van der Waals surface area contributed by atoms with Crippen LogP contribution in [0.1, 0.15) is 32.4 Å². The first-order valence-electron chi connectivity index (χ1n) is 5.73. The smallest absolute Gasteiger partial charge is 0.244 e. The fourth-order valence-corrected chi connectivity index (χ4v) is 1.55. The van der Waals surface area contributed by atoms with Crippen LogP contribution in [-0.4, -0.2) is 13.0 Å². The summed E-state index contributed by atoms with van der Waals surface area (Å²) in [7, 11) is 1.41. The number of benzene rings is 1. The molecule has 0 saturated carbocycles. The lowest BCUT2D eigenvalue weighted by Crippen LogP contribution is -2.25. The number of rotatable bonds is 4. The monoisotopic (exact) mass is 251 g/mol. The van der Waals surface area contributed by atoms with Gasteiger partial charge in [0.25, 0.3) is 0 Å². The van der Waals surface area contributed by atoms with Crippen molar-refractivity contribution < 1.29 is 13.9 Å². The lowest BCUT2D eigenvalue weighted by Gasteiger charge is -2.14. The van der Waals surface area contributed by atoms with Crippen LogP contribution < -0.4 is 10.1 Å². The van der Waals surface area contributed by atoms with E-state index in [-0.39, 0.29) is 17.7 Å². The molecular formula is C14H18FNO2. The van der Waals surface area contributed by atoms with Crippen molar-refractivity contribution in [2.75, 3.05) is 7.11 Å². The van der Waals surface area contributed by atoms with E-state index < -0.39 is 5.82 Å². The number of allylic oxidation sites excluding steroid dienone is 1. The molecule has 1 N–H and O–H groups in total. The fraction of sp³-hybridized carbons (Fsp3) is 0.357. The number of halogens is 1. The minimum atomic E-state index is -0.432. The maximum atomic E-state index is 13.5. The number of methoxy groups -OCH3 is 1. The second-order valence-corrected chi connectivity index (χ2v) is 4.35. The van der Waals surface area contributed by atoms with Gasteiger partial charge in [-0.25, -0.2) is 4.39 Å². The standard InChI is InChI=1S/C14H18FNO2/c1-9(2)7-14(17)16-10(3)11-5-6-13(18-4)12(15)8-11/h5-8,10H,1-4H3,(H,16,17)/t10-/m1/s1. The molecule has 0 aliphatic heterocycles. The van der Waals surface area contributed by atoms with Crippen LogP contribution in [-0.2, 0) is 4.79 Å². The normalized spacial score (nSPS) is 11.6. The molecule has 0 radical (unpaired) electrons. The third-order valence-corrected chi connectivity index (χ3v) is 2.45. The Balaban J connectivity index is 2.79. The summed E-state index contributed by atoms with van der Waals surface area (Å²) in [5.41, 5.74) is 1.62. The molecule has 0 aliphatic carbocycles. The molecule has 18 heavy (non-hydrogen) atoms. The molecule has 0 bridgehead atoms. The SMILES string of the molecule is COc1ccc([C@@H](C)NC(=O)C=C(C)C)cc1F. The molecule has 98 valence electrons. The minimum absolute atomic E-state index is 0.182. The highest BCUT2D eigenvalue weighted by Crippen LogP contribution is 2.21. The van der Waals surface area contributed by atoms with Crippen molar-refractivity contribution in [1.82, 2.24) is 5.32 Å². The Bertz CT molecular complexity index is 465.